The molecular weight excluding hydrogens is 424 g/mol. The second kappa shape index (κ2) is 15.6. The van der Waals surface area contributed by atoms with Gasteiger partial charge in [-0.25, -0.2) is 9.13 Å². The van der Waals surface area contributed by atoms with E-state index in [2.05, 4.69) is 96.9 Å². The summed E-state index contributed by atoms with van der Waals surface area (Å²) in [6.07, 6.45) is 19.8. The standard InChI is InChI=1S/C33H49N2/c1-4-5-6-7-8-9-10-11-12-13-20-25-35-32(26-29(2)31-23-18-15-19-24-31)28-34(3)33(35)27-30-21-16-14-17-22-30/h14-19,21-24,28-29H,4-13,20,25-27H2,1-3H3/q+1. The number of rotatable bonds is 17. The summed E-state index contributed by atoms with van der Waals surface area (Å²) in [4.78, 5) is 0. The lowest BCUT2D eigenvalue weighted by Gasteiger charge is -2.12. The maximum Gasteiger partial charge on any atom is 0.260 e. The average molecular weight is 474 g/mol. The Morgan fingerprint density at radius 2 is 1.26 bits per heavy atom. The van der Waals surface area contributed by atoms with E-state index in [0.717, 1.165) is 19.4 Å². The molecule has 0 N–H and O–H groups in total. The first-order chi connectivity index (χ1) is 17.2. The Hall–Kier alpha value is -2.35. The first-order valence-electron chi connectivity index (χ1n) is 14.3. The van der Waals surface area contributed by atoms with Gasteiger partial charge in [-0.1, -0.05) is 132 Å². The number of unbranched alkanes of at least 4 members (excludes halogenated alkanes) is 10. The van der Waals surface area contributed by atoms with Crippen molar-refractivity contribution >= 4 is 0 Å². The lowest BCUT2D eigenvalue weighted by molar-refractivity contribution is -0.678. The lowest BCUT2D eigenvalue weighted by Crippen LogP contribution is -2.32. The zero-order valence-corrected chi connectivity index (χ0v) is 22.7. The zero-order chi connectivity index (χ0) is 24.7. The summed E-state index contributed by atoms with van der Waals surface area (Å²) in [5.41, 5.74) is 4.30. The number of imidazole rings is 1. The first-order valence-corrected chi connectivity index (χ1v) is 14.3. The fourth-order valence-corrected chi connectivity index (χ4v) is 5.31. The molecule has 0 bridgehead atoms. The van der Waals surface area contributed by atoms with Crippen molar-refractivity contribution in [2.45, 2.75) is 110 Å². The monoisotopic (exact) mass is 473 g/mol. The van der Waals surface area contributed by atoms with Gasteiger partial charge in [0.2, 0.25) is 0 Å². The van der Waals surface area contributed by atoms with E-state index in [0.29, 0.717) is 5.92 Å². The summed E-state index contributed by atoms with van der Waals surface area (Å²) in [7, 11) is 2.23. The van der Waals surface area contributed by atoms with E-state index in [4.69, 9.17) is 0 Å². The smallest absolute Gasteiger partial charge is 0.236 e. The van der Waals surface area contributed by atoms with Crippen LogP contribution in [-0.2, 0) is 26.4 Å². The molecule has 0 saturated heterocycles. The summed E-state index contributed by atoms with van der Waals surface area (Å²) in [5.74, 6) is 1.95. The summed E-state index contributed by atoms with van der Waals surface area (Å²) < 4.78 is 5.01. The van der Waals surface area contributed by atoms with E-state index in [1.165, 1.54) is 93.3 Å². The Morgan fingerprint density at radius 1 is 0.714 bits per heavy atom. The van der Waals surface area contributed by atoms with Gasteiger partial charge in [0.05, 0.1) is 20.0 Å². The Morgan fingerprint density at radius 3 is 1.86 bits per heavy atom. The highest BCUT2D eigenvalue weighted by Crippen LogP contribution is 2.22. The molecule has 2 heteroatoms. The van der Waals surface area contributed by atoms with Gasteiger partial charge >= 0.3 is 0 Å². The van der Waals surface area contributed by atoms with Crippen LogP contribution in [0.3, 0.4) is 0 Å². The third kappa shape index (κ3) is 9.32. The normalized spacial score (nSPS) is 12.2. The fraction of sp³-hybridized carbons (Fsp3) is 0.545. The molecule has 0 fully saturated rings. The number of hydrogen-bond acceptors (Lipinski definition) is 0. The molecule has 35 heavy (non-hydrogen) atoms. The minimum absolute atomic E-state index is 0.520. The van der Waals surface area contributed by atoms with Crippen molar-refractivity contribution in [3.05, 3.63) is 89.5 Å². The van der Waals surface area contributed by atoms with Gasteiger partial charge in [0.1, 0.15) is 11.9 Å². The van der Waals surface area contributed by atoms with Crippen LogP contribution >= 0.6 is 0 Å². The van der Waals surface area contributed by atoms with Gasteiger partial charge in [0.25, 0.3) is 5.82 Å². The van der Waals surface area contributed by atoms with Gasteiger partial charge in [-0.05, 0) is 29.9 Å². The van der Waals surface area contributed by atoms with Crippen molar-refractivity contribution in [3.8, 4) is 0 Å². The Balaban J connectivity index is 1.56. The van der Waals surface area contributed by atoms with Crippen molar-refractivity contribution in [3.63, 3.8) is 0 Å². The molecule has 0 radical (unpaired) electrons. The molecule has 1 atom stereocenters. The van der Waals surface area contributed by atoms with Crippen LogP contribution in [0.2, 0.25) is 0 Å². The molecule has 190 valence electrons. The minimum Gasteiger partial charge on any atom is -0.236 e. The fourth-order valence-electron chi connectivity index (χ4n) is 5.31. The molecule has 1 aromatic heterocycles. The highest BCUT2D eigenvalue weighted by molar-refractivity contribution is 5.22. The molecular formula is C33H49N2+. The lowest BCUT2D eigenvalue weighted by atomic mass is 9.96. The topological polar surface area (TPSA) is 8.81 Å². The van der Waals surface area contributed by atoms with Gasteiger partial charge in [0, 0.05) is 6.42 Å². The van der Waals surface area contributed by atoms with E-state index < -0.39 is 0 Å². The van der Waals surface area contributed by atoms with Crippen LogP contribution in [0.25, 0.3) is 0 Å². The first kappa shape index (κ1) is 27.2. The molecule has 0 aliphatic rings. The quantitative estimate of drug-likeness (QED) is 0.137. The van der Waals surface area contributed by atoms with Crippen LogP contribution in [-0.4, -0.2) is 4.57 Å². The molecule has 3 rings (SSSR count). The zero-order valence-electron chi connectivity index (χ0n) is 22.7. The summed E-state index contributed by atoms with van der Waals surface area (Å²) in [6.45, 7) is 5.80. The second-order valence-corrected chi connectivity index (χ2v) is 10.5. The van der Waals surface area contributed by atoms with Crippen molar-refractivity contribution in [2.24, 2.45) is 7.05 Å². The molecule has 0 spiro atoms. The molecule has 0 saturated carbocycles. The number of benzene rings is 2. The Labute approximate surface area is 215 Å². The summed E-state index contributed by atoms with van der Waals surface area (Å²) >= 11 is 0. The molecule has 2 aromatic carbocycles. The second-order valence-electron chi connectivity index (χ2n) is 10.5. The third-order valence-corrected chi connectivity index (χ3v) is 7.48. The molecule has 1 heterocycles. The van der Waals surface area contributed by atoms with Crippen molar-refractivity contribution in [1.29, 1.82) is 0 Å². The Bertz CT molecular complexity index is 942. The van der Waals surface area contributed by atoms with E-state index in [-0.39, 0.29) is 0 Å². The molecule has 0 amide bonds. The summed E-state index contributed by atoms with van der Waals surface area (Å²) in [6, 6.07) is 21.9. The minimum atomic E-state index is 0.520. The molecule has 0 aliphatic carbocycles. The molecule has 0 aliphatic heterocycles. The largest absolute Gasteiger partial charge is 0.260 e. The highest BCUT2D eigenvalue weighted by Gasteiger charge is 2.23. The van der Waals surface area contributed by atoms with E-state index in [1.807, 2.05) is 0 Å². The van der Waals surface area contributed by atoms with Gasteiger partial charge in [-0.15, -0.1) is 0 Å². The van der Waals surface area contributed by atoms with Crippen molar-refractivity contribution < 1.29 is 4.57 Å². The average Bonchev–Trinajstić information content (AvgIpc) is 3.17. The Kier molecular flexibility index (Phi) is 12.1. The van der Waals surface area contributed by atoms with Gasteiger partial charge in [-0.3, -0.25) is 0 Å². The van der Waals surface area contributed by atoms with Crippen molar-refractivity contribution in [2.75, 3.05) is 0 Å². The predicted molar refractivity (Wildman–Crippen MR) is 150 cm³/mol. The predicted octanol–water partition coefficient (Wildman–Crippen LogP) is 8.56. The van der Waals surface area contributed by atoms with E-state index in [9.17, 15) is 0 Å². The van der Waals surface area contributed by atoms with Crippen LogP contribution in [0, 0.1) is 0 Å². The van der Waals surface area contributed by atoms with E-state index in [1.54, 1.807) is 0 Å². The molecule has 3 aromatic rings. The van der Waals surface area contributed by atoms with Crippen molar-refractivity contribution in [1.82, 2.24) is 4.57 Å². The van der Waals surface area contributed by atoms with Crippen LogP contribution in [0.1, 0.15) is 113 Å². The maximum absolute atomic E-state index is 2.64. The maximum atomic E-state index is 2.64. The molecule has 1 unspecified atom stereocenters. The van der Waals surface area contributed by atoms with Crippen LogP contribution < -0.4 is 4.57 Å². The highest BCUT2D eigenvalue weighted by atomic mass is 15.1. The van der Waals surface area contributed by atoms with Crippen LogP contribution in [0.5, 0.6) is 0 Å². The number of aromatic nitrogens is 2. The van der Waals surface area contributed by atoms with Crippen LogP contribution in [0.4, 0.5) is 0 Å². The van der Waals surface area contributed by atoms with E-state index >= 15 is 0 Å². The SMILES string of the molecule is CCCCCCCCCCCCCn1c(CC(C)c2ccccc2)c[n+](C)c1Cc1ccccc1. The van der Waals surface area contributed by atoms with Crippen LogP contribution in [0.15, 0.2) is 66.9 Å². The number of hydrogen-bond donors (Lipinski definition) is 0. The number of aryl methyl sites for hydroxylation is 1. The van der Waals surface area contributed by atoms with Gasteiger partial charge in [-0.2, -0.15) is 0 Å². The van der Waals surface area contributed by atoms with Gasteiger partial charge < -0.3 is 0 Å². The molecule has 2 nitrogen and oxygen atoms in total. The summed E-state index contributed by atoms with van der Waals surface area (Å²) in [5, 5.41) is 0. The van der Waals surface area contributed by atoms with Gasteiger partial charge in [0.15, 0.2) is 0 Å². The number of nitrogens with zero attached hydrogens (tertiary/aromatic N) is 2. The third-order valence-electron chi connectivity index (χ3n) is 7.48.